The summed E-state index contributed by atoms with van der Waals surface area (Å²) in [5, 5.41) is 4.23. The Kier molecular flexibility index (Phi) is 5.74. The van der Waals surface area contributed by atoms with Gasteiger partial charge in [0.15, 0.2) is 5.96 Å². The van der Waals surface area contributed by atoms with Gasteiger partial charge in [-0.05, 0) is 24.1 Å². The Labute approximate surface area is 132 Å². The number of guanidine groups is 1. The van der Waals surface area contributed by atoms with E-state index >= 15 is 0 Å². The normalized spacial score (nSPS) is 16.5. The molecular weight excluding hydrogens is 284 g/mol. The summed E-state index contributed by atoms with van der Waals surface area (Å²) < 4.78 is 0. The van der Waals surface area contributed by atoms with Crippen LogP contribution in [-0.2, 0) is 0 Å². The first-order valence-corrected chi connectivity index (χ1v) is 7.94. The quantitative estimate of drug-likeness (QED) is 0.688. The molecule has 4 nitrogen and oxygen atoms in total. The Hall–Kier alpha value is -1.42. The number of hydrogen-bond acceptors (Lipinski definition) is 2. The molecule has 1 heterocycles. The van der Waals surface area contributed by atoms with E-state index in [-0.39, 0.29) is 0 Å². The Morgan fingerprint density at radius 2 is 2.00 bits per heavy atom. The first-order valence-electron chi connectivity index (χ1n) is 7.56. The van der Waals surface area contributed by atoms with Gasteiger partial charge in [0, 0.05) is 50.5 Å². The second-order valence-corrected chi connectivity index (χ2v) is 6.21. The lowest BCUT2D eigenvalue weighted by Crippen LogP contribution is -2.53. The Balaban J connectivity index is 1.90. The van der Waals surface area contributed by atoms with Crippen LogP contribution in [0.1, 0.15) is 13.8 Å². The first kappa shape index (κ1) is 16.0. The standard InChI is InChI=1S/C16H25ClN4/c1-13(2)12-19-16(18-3)21-9-7-20(8-10-21)15-6-4-5-14(17)11-15/h4-6,11,13H,7-10,12H2,1-3H3,(H,18,19). The van der Waals surface area contributed by atoms with E-state index in [0.29, 0.717) is 5.92 Å². The molecule has 5 heteroatoms. The van der Waals surface area contributed by atoms with Crippen molar-refractivity contribution in [2.45, 2.75) is 13.8 Å². The van der Waals surface area contributed by atoms with E-state index in [1.165, 1.54) is 5.69 Å². The van der Waals surface area contributed by atoms with Crippen molar-refractivity contribution in [1.82, 2.24) is 10.2 Å². The Morgan fingerprint density at radius 1 is 1.29 bits per heavy atom. The molecule has 0 bridgehead atoms. The number of halogens is 1. The largest absolute Gasteiger partial charge is 0.368 e. The zero-order valence-corrected chi connectivity index (χ0v) is 13.9. The van der Waals surface area contributed by atoms with Gasteiger partial charge < -0.3 is 15.1 Å². The van der Waals surface area contributed by atoms with Crippen molar-refractivity contribution >= 4 is 23.2 Å². The fourth-order valence-corrected chi connectivity index (χ4v) is 2.66. The third kappa shape index (κ3) is 4.53. The predicted octanol–water partition coefficient (Wildman–Crippen LogP) is 2.69. The van der Waals surface area contributed by atoms with Crippen LogP contribution in [-0.4, -0.2) is 50.6 Å². The summed E-state index contributed by atoms with van der Waals surface area (Å²) >= 11 is 6.07. The number of aliphatic imine (C=N–C) groups is 1. The lowest BCUT2D eigenvalue weighted by atomic mass is 10.2. The minimum atomic E-state index is 0.620. The molecule has 1 aliphatic rings. The highest BCUT2D eigenvalue weighted by atomic mass is 35.5. The highest BCUT2D eigenvalue weighted by Gasteiger charge is 2.19. The van der Waals surface area contributed by atoms with Crippen LogP contribution in [0.5, 0.6) is 0 Å². The highest BCUT2D eigenvalue weighted by molar-refractivity contribution is 6.30. The number of benzene rings is 1. The maximum atomic E-state index is 6.07. The number of hydrogen-bond donors (Lipinski definition) is 1. The van der Waals surface area contributed by atoms with E-state index in [1.807, 2.05) is 25.2 Å². The lowest BCUT2D eigenvalue weighted by molar-refractivity contribution is 0.370. The molecule has 0 aliphatic carbocycles. The third-order valence-electron chi connectivity index (χ3n) is 3.63. The molecule has 0 radical (unpaired) electrons. The molecule has 0 unspecified atom stereocenters. The van der Waals surface area contributed by atoms with Crippen LogP contribution in [0.2, 0.25) is 5.02 Å². The second-order valence-electron chi connectivity index (χ2n) is 5.78. The van der Waals surface area contributed by atoms with Gasteiger partial charge in [-0.25, -0.2) is 0 Å². The number of rotatable bonds is 3. The monoisotopic (exact) mass is 308 g/mol. The SMILES string of the molecule is CN=C(NCC(C)C)N1CCN(c2cccc(Cl)c2)CC1. The second kappa shape index (κ2) is 7.55. The van der Waals surface area contributed by atoms with Crippen molar-refractivity contribution in [3.05, 3.63) is 29.3 Å². The van der Waals surface area contributed by atoms with Gasteiger partial charge in [0.05, 0.1) is 0 Å². The van der Waals surface area contributed by atoms with E-state index in [0.717, 1.165) is 43.7 Å². The Morgan fingerprint density at radius 3 is 2.57 bits per heavy atom. The zero-order valence-electron chi connectivity index (χ0n) is 13.1. The molecule has 0 amide bonds. The predicted molar refractivity (Wildman–Crippen MR) is 91.4 cm³/mol. The molecular formula is C16H25ClN4. The van der Waals surface area contributed by atoms with Crippen LogP contribution >= 0.6 is 11.6 Å². The molecule has 21 heavy (non-hydrogen) atoms. The first-order chi connectivity index (χ1) is 10.1. The van der Waals surface area contributed by atoms with E-state index in [1.54, 1.807) is 0 Å². The molecule has 1 aromatic rings. The number of nitrogens with one attached hydrogen (secondary N) is 1. The average molecular weight is 309 g/mol. The summed E-state index contributed by atoms with van der Waals surface area (Å²) in [4.78, 5) is 9.08. The Bertz CT molecular complexity index is 479. The number of anilines is 1. The molecule has 0 aromatic heterocycles. The highest BCUT2D eigenvalue weighted by Crippen LogP contribution is 2.20. The van der Waals surface area contributed by atoms with Crippen molar-refractivity contribution < 1.29 is 0 Å². The molecule has 0 atom stereocenters. The molecule has 116 valence electrons. The molecule has 0 saturated carbocycles. The van der Waals surface area contributed by atoms with Crippen molar-refractivity contribution in [2.75, 3.05) is 44.7 Å². The topological polar surface area (TPSA) is 30.9 Å². The molecule has 1 saturated heterocycles. The minimum absolute atomic E-state index is 0.620. The summed E-state index contributed by atoms with van der Waals surface area (Å²) in [6, 6.07) is 8.07. The van der Waals surface area contributed by atoms with Gasteiger partial charge in [-0.3, -0.25) is 4.99 Å². The van der Waals surface area contributed by atoms with Crippen LogP contribution in [0.4, 0.5) is 5.69 Å². The summed E-state index contributed by atoms with van der Waals surface area (Å²) in [5.41, 5.74) is 1.20. The van der Waals surface area contributed by atoms with Crippen LogP contribution < -0.4 is 10.2 Å². The van der Waals surface area contributed by atoms with Gasteiger partial charge >= 0.3 is 0 Å². The van der Waals surface area contributed by atoms with Crippen LogP contribution in [0, 0.1) is 5.92 Å². The molecule has 0 spiro atoms. The summed E-state index contributed by atoms with van der Waals surface area (Å²) in [6.07, 6.45) is 0. The van der Waals surface area contributed by atoms with Gasteiger partial charge in [-0.1, -0.05) is 31.5 Å². The van der Waals surface area contributed by atoms with E-state index in [4.69, 9.17) is 11.6 Å². The van der Waals surface area contributed by atoms with Gasteiger partial charge in [0.25, 0.3) is 0 Å². The van der Waals surface area contributed by atoms with Gasteiger partial charge in [-0.2, -0.15) is 0 Å². The van der Waals surface area contributed by atoms with Crippen molar-refractivity contribution in [3.63, 3.8) is 0 Å². The van der Waals surface area contributed by atoms with Gasteiger partial charge in [-0.15, -0.1) is 0 Å². The molecule has 1 aliphatic heterocycles. The zero-order chi connectivity index (χ0) is 15.2. The number of piperazine rings is 1. The smallest absolute Gasteiger partial charge is 0.193 e. The number of nitrogens with zero attached hydrogens (tertiary/aromatic N) is 3. The molecule has 2 rings (SSSR count). The van der Waals surface area contributed by atoms with Crippen molar-refractivity contribution in [2.24, 2.45) is 10.9 Å². The summed E-state index contributed by atoms with van der Waals surface area (Å²) in [7, 11) is 1.85. The van der Waals surface area contributed by atoms with E-state index < -0.39 is 0 Å². The molecule has 1 aromatic carbocycles. The van der Waals surface area contributed by atoms with Crippen LogP contribution in [0.15, 0.2) is 29.3 Å². The van der Waals surface area contributed by atoms with Crippen molar-refractivity contribution in [1.29, 1.82) is 0 Å². The lowest BCUT2D eigenvalue weighted by Gasteiger charge is -2.37. The fourth-order valence-electron chi connectivity index (χ4n) is 2.48. The van der Waals surface area contributed by atoms with Crippen LogP contribution in [0.25, 0.3) is 0 Å². The van der Waals surface area contributed by atoms with Crippen molar-refractivity contribution in [3.8, 4) is 0 Å². The minimum Gasteiger partial charge on any atom is -0.368 e. The van der Waals surface area contributed by atoms with E-state index in [9.17, 15) is 0 Å². The fraction of sp³-hybridized carbons (Fsp3) is 0.562. The molecule has 1 N–H and O–H groups in total. The summed E-state index contributed by atoms with van der Waals surface area (Å²) in [6.45, 7) is 9.30. The van der Waals surface area contributed by atoms with Gasteiger partial charge in [0.2, 0.25) is 0 Å². The van der Waals surface area contributed by atoms with Gasteiger partial charge in [0.1, 0.15) is 0 Å². The van der Waals surface area contributed by atoms with E-state index in [2.05, 4.69) is 40.0 Å². The summed E-state index contributed by atoms with van der Waals surface area (Å²) in [5.74, 6) is 1.63. The third-order valence-corrected chi connectivity index (χ3v) is 3.87. The molecule has 1 fully saturated rings. The maximum absolute atomic E-state index is 6.07. The van der Waals surface area contributed by atoms with Crippen LogP contribution in [0.3, 0.4) is 0 Å². The average Bonchev–Trinajstić information content (AvgIpc) is 2.48. The maximum Gasteiger partial charge on any atom is 0.193 e.